The Hall–Kier alpha value is -1.89. The fourth-order valence-electron chi connectivity index (χ4n) is 6.02. The van der Waals surface area contributed by atoms with E-state index < -0.39 is 35.7 Å². The van der Waals surface area contributed by atoms with Gasteiger partial charge < -0.3 is 19.8 Å². The number of quaternary nitrogens is 1. The van der Waals surface area contributed by atoms with Crippen LogP contribution in [0.15, 0.2) is 12.2 Å². The first-order valence-electron chi connectivity index (χ1n) is 18.7. The van der Waals surface area contributed by atoms with Crippen LogP contribution in [0.4, 0.5) is 0 Å². The molecule has 0 amide bonds. The summed E-state index contributed by atoms with van der Waals surface area (Å²) in [4.78, 5) is 34.5. The van der Waals surface area contributed by atoms with E-state index in [1.54, 1.807) is 20.8 Å². The summed E-state index contributed by atoms with van der Waals surface area (Å²) in [6, 6.07) is 0. The van der Waals surface area contributed by atoms with Gasteiger partial charge in [0.1, 0.15) is 0 Å². The van der Waals surface area contributed by atoms with Gasteiger partial charge in [0.2, 0.25) is 0 Å². The summed E-state index contributed by atoms with van der Waals surface area (Å²) in [7, 11) is 0. The fourth-order valence-corrected chi connectivity index (χ4v) is 6.02. The second-order valence-electron chi connectivity index (χ2n) is 14.0. The van der Waals surface area contributed by atoms with Gasteiger partial charge in [-0.2, -0.15) is 0 Å². The van der Waals surface area contributed by atoms with Crippen molar-refractivity contribution in [1.29, 1.82) is 0 Å². The second-order valence-corrected chi connectivity index (χ2v) is 14.0. The van der Waals surface area contributed by atoms with Crippen molar-refractivity contribution < 1.29 is 34.2 Å². The van der Waals surface area contributed by atoms with Crippen molar-refractivity contribution in [3.05, 3.63) is 12.2 Å². The average Bonchev–Trinajstić information content (AvgIpc) is 3.01. The predicted molar refractivity (Wildman–Crippen MR) is 187 cm³/mol. The minimum atomic E-state index is -0.827. The Labute approximate surface area is 276 Å². The van der Waals surface area contributed by atoms with Gasteiger partial charge in [0, 0.05) is 19.3 Å². The second kappa shape index (κ2) is 28.3. The minimum Gasteiger partial charge on any atom is -0.481 e. The molecule has 0 radical (unpaired) electrons. The van der Waals surface area contributed by atoms with Crippen LogP contribution < -0.4 is 0 Å². The third-order valence-corrected chi connectivity index (χ3v) is 9.77. The van der Waals surface area contributed by atoms with E-state index in [4.69, 9.17) is 0 Å². The topological polar surface area (TPSA) is 112 Å². The molecule has 0 aliphatic rings. The first-order chi connectivity index (χ1) is 21.5. The van der Waals surface area contributed by atoms with E-state index in [9.17, 15) is 29.7 Å². The van der Waals surface area contributed by atoms with E-state index >= 15 is 0 Å². The molecule has 7 heteroatoms. The van der Waals surface area contributed by atoms with Crippen LogP contribution in [0, 0.1) is 17.8 Å². The maximum absolute atomic E-state index is 11.5. The molecule has 0 aliphatic carbocycles. The largest absolute Gasteiger partial charge is 0.481 e. The normalized spacial score (nSPS) is 15.1. The zero-order valence-corrected chi connectivity index (χ0v) is 29.8. The number of aliphatic carboxylic acids is 3. The number of allylic oxidation sites excluding steroid dienone is 2. The molecule has 0 bridgehead atoms. The highest BCUT2D eigenvalue weighted by Crippen LogP contribution is 2.22. The Bertz CT molecular complexity index is 722. The molecule has 0 saturated carbocycles. The van der Waals surface area contributed by atoms with Crippen molar-refractivity contribution in [2.24, 2.45) is 17.8 Å². The van der Waals surface area contributed by atoms with Crippen LogP contribution in [0.5, 0.6) is 0 Å². The Morgan fingerprint density at radius 1 is 0.467 bits per heavy atom. The van der Waals surface area contributed by atoms with Crippen LogP contribution >= 0.6 is 0 Å². The third kappa shape index (κ3) is 24.9. The molecule has 264 valence electrons. The first kappa shape index (κ1) is 43.1. The van der Waals surface area contributed by atoms with Crippen LogP contribution in [0.1, 0.15) is 169 Å². The molecule has 0 aromatic carbocycles. The lowest BCUT2D eigenvalue weighted by molar-refractivity contribution is -0.929. The van der Waals surface area contributed by atoms with Crippen molar-refractivity contribution >= 4 is 17.9 Å². The van der Waals surface area contributed by atoms with Gasteiger partial charge in [-0.15, -0.1) is 0 Å². The molecule has 3 N–H and O–H groups in total. The molecule has 0 saturated heterocycles. The predicted octanol–water partition coefficient (Wildman–Crippen LogP) is 10.1. The number of carboxylic acids is 3. The van der Waals surface area contributed by atoms with E-state index in [0.717, 1.165) is 38.6 Å². The van der Waals surface area contributed by atoms with Crippen molar-refractivity contribution in [2.45, 2.75) is 169 Å². The SMILES string of the molecule is CCCCCCCCCCCCCCCC/C=C/CCCCC[N+](CCC(C)C(=O)O)(CCC(C)C(=O)O)CCC(C)C(=O)O. The van der Waals surface area contributed by atoms with Gasteiger partial charge in [-0.3, -0.25) is 14.4 Å². The molecule has 0 aliphatic heterocycles. The highest BCUT2D eigenvalue weighted by molar-refractivity contribution is 5.70. The smallest absolute Gasteiger partial charge is 0.306 e. The van der Waals surface area contributed by atoms with E-state index in [-0.39, 0.29) is 0 Å². The maximum atomic E-state index is 11.5. The quantitative estimate of drug-likeness (QED) is 0.0375. The van der Waals surface area contributed by atoms with Gasteiger partial charge in [0.25, 0.3) is 0 Å². The highest BCUT2D eigenvalue weighted by atomic mass is 16.4. The standard InChI is InChI=1S/C38H71NO6/c1-5-6-7-8-9-10-11-12-13-14-15-16-17-18-19-20-21-22-23-24-25-29-39(30-26-33(2)36(40)41,31-27-34(3)37(42)43)32-28-35(4)38(44)45/h20-21,33-35H,5-19,22-32H2,1-4H3,(H2-,40,41,42,43,44,45)/p+1/b21-20+. The van der Waals surface area contributed by atoms with Crippen molar-refractivity contribution in [3.63, 3.8) is 0 Å². The Kier molecular flexibility index (Phi) is 27.2. The molecule has 3 unspecified atom stereocenters. The van der Waals surface area contributed by atoms with Gasteiger partial charge in [0.05, 0.1) is 43.9 Å². The molecule has 0 spiro atoms. The van der Waals surface area contributed by atoms with Gasteiger partial charge in [-0.1, -0.05) is 123 Å². The number of hydrogen-bond donors (Lipinski definition) is 3. The Morgan fingerprint density at radius 3 is 1.07 bits per heavy atom. The summed E-state index contributed by atoms with van der Waals surface area (Å²) in [6.45, 7) is 10.1. The van der Waals surface area contributed by atoms with E-state index in [1.165, 1.54) is 89.9 Å². The molecular formula is C38H72NO6+. The average molecular weight is 639 g/mol. The van der Waals surface area contributed by atoms with Gasteiger partial charge in [0.15, 0.2) is 0 Å². The van der Waals surface area contributed by atoms with Crippen LogP contribution in [0.2, 0.25) is 0 Å². The van der Waals surface area contributed by atoms with Crippen LogP contribution in [0.25, 0.3) is 0 Å². The number of unbranched alkanes of at least 4 members (excludes halogenated alkanes) is 17. The summed E-state index contributed by atoms with van der Waals surface area (Å²) in [5, 5.41) is 28.3. The molecule has 0 heterocycles. The van der Waals surface area contributed by atoms with E-state index in [0.29, 0.717) is 43.4 Å². The molecule has 0 rings (SSSR count). The first-order valence-corrected chi connectivity index (χ1v) is 18.7. The Morgan fingerprint density at radius 2 is 0.756 bits per heavy atom. The number of hydrogen-bond acceptors (Lipinski definition) is 3. The lowest BCUT2D eigenvalue weighted by atomic mass is 10.0. The number of nitrogens with zero attached hydrogens (tertiary/aromatic N) is 1. The summed E-state index contributed by atoms with van der Waals surface area (Å²) < 4.78 is 0.599. The highest BCUT2D eigenvalue weighted by Gasteiger charge is 2.31. The number of carbonyl (C=O) groups is 3. The molecule has 0 fully saturated rings. The molecule has 0 aromatic rings. The van der Waals surface area contributed by atoms with Crippen molar-refractivity contribution in [1.82, 2.24) is 0 Å². The maximum Gasteiger partial charge on any atom is 0.306 e. The van der Waals surface area contributed by atoms with Crippen molar-refractivity contribution in [2.75, 3.05) is 26.2 Å². The molecular weight excluding hydrogens is 566 g/mol. The van der Waals surface area contributed by atoms with Crippen LogP contribution in [-0.2, 0) is 14.4 Å². The molecule has 3 atom stereocenters. The van der Waals surface area contributed by atoms with Crippen molar-refractivity contribution in [3.8, 4) is 0 Å². The summed E-state index contributed by atoms with van der Waals surface area (Å²) >= 11 is 0. The molecule has 45 heavy (non-hydrogen) atoms. The lowest BCUT2D eigenvalue weighted by Gasteiger charge is -2.40. The Balaban J connectivity index is 4.39. The minimum absolute atomic E-state index is 0.485. The zero-order valence-electron chi connectivity index (χ0n) is 29.8. The third-order valence-electron chi connectivity index (χ3n) is 9.77. The zero-order chi connectivity index (χ0) is 33.8. The van der Waals surface area contributed by atoms with E-state index in [1.807, 2.05) is 0 Å². The van der Waals surface area contributed by atoms with Gasteiger partial charge in [-0.05, 0) is 38.5 Å². The summed E-state index contributed by atoms with van der Waals surface area (Å²) in [6.07, 6.45) is 30.8. The monoisotopic (exact) mass is 639 g/mol. The van der Waals surface area contributed by atoms with E-state index in [2.05, 4.69) is 19.1 Å². The molecule has 0 aromatic heterocycles. The fraction of sp³-hybridized carbons (Fsp3) is 0.868. The summed E-state index contributed by atoms with van der Waals surface area (Å²) in [5.74, 6) is -3.94. The number of rotatable bonds is 33. The van der Waals surface area contributed by atoms with Crippen LogP contribution in [0.3, 0.4) is 0 Å². The molecule has 7 nitrogen and oxygen atoms in total. The van der Waals surface area contributed by atoms with Crippen LogP contribution in [-0.4, -0.2) is 63.9 Å². The summed E-state index contributed by atoms with van der Waals surface area (Å²) in [5.41, 5.74) is 0. The van der Waals surface area contributed by atoms with Gasteiger partial charge in [-0.25, -0.2) is 0 Å². The van der Waals surface area contributed by atoms with Gasteiger partial charge >= 0.3 is 17.9 Å². The lowest BCUT2D eigenvalue weighted by Crippen LogP contribution is -2.52. The number of carboxylic acid groups (broad SMARTS) is 3.